The molecule has 2 aromatic rings. The van der Waals surface area contributed by atoms with E-state index in [1.54, 1.807) is 12.4 Å². The van der Waals surface area contributed by atoms with Gasteiger partial charge in [0.05, 0.1) is 6.04 Å². The van der Waals surface area contributed by atoms with Crippen LogP contribution < -0.4 is 14.8 Å². The number of nitrogens with one attached hydrogen (secondary N) is 1. The van der Waals surface area contributed by atoms with Crippen molar-refractivity contribution in [2.24, 2.45) is 0 Å². The SMILES string of the molecule is CNC(c1cncnc1)c1cccc2c1OCCO2. The van der Waals surface area contributed by atoms with Crippen LogP contribution >= 0.6 is 0 Å². The van der Waals surface area contributed by atoms with E-state index in [4.69, 9.17) is 9.47 Å². The second kappa shape index (κ2) is 5.24. The highest BCUT2D eigenvalue weighted by atomic mass is 16.6. The molecule has 0 fully saturated rings. The van der Waals surface area contributed by atoms with Crippen LogP contribution in [0, 0.1) is 0 Å². The molecule has 0 amide bonds. The maximum Gasteiger partial charge on any atom is 0.166 e. The Bertz CT molecular complexity index is 560. The minimum absolute atomic E-state index is 0.0159. The van der Waals surface area contributed by atoms with Crippen molar-refractivity contribution in [2.75, 3.05) is 20.3 Å². The molecule has 0 saturated carbocycles. The maximum atomic E-state index is 5.75. The molecule has 0 spiro atoms. The van der Waals surface area contributed by atoms with Crippen LogP contribution in [0.1, 0.15) is 17.2 Å². The molecule has 1 atom stereocenters. The molecule has 0 bridgehead atoms. The first-order valence-electron chi connectivity index (χ1n) is 6.21. The first-order valence-corrected chi connectivity index (χ1v) is 6.21. The summed E-state index contributed by atoms with van der Waals surface area (Å²) in [7, 11) is 1.90. The minimum atomic E-state index is -0.0159. The van der Waals surface area contributed by atoms with Crippen LogP contribution in [0.15, 0.2) is 36.9 Å². The smallest absolute Gasteiger partial charge is 0.166 e. The predicted octanol–water partition coefficient (Wildman–Crippen LogP) is 1.56. The minimum Gasteiger partial charge on any atom is -0.486 e. The number of fused-ring (bicyclic) bond motifs is 1. The number of hydrogen-bond donors (Lipinski definition) is 1. The molecule has 0 radical (unpaired) electrons. The number of nitrogens with zero attached hydrogens (tertiary/aromatic N) is 2. The average molecular weight is 257 g/mol. The van der Waals surface area contributed by atoms with Gasteiger partial charge in [0.2, 0.25) is 0 Å². The Kier molecular flexibility index (Phi) is 3.29. The molecule has 1 unspecified atom stereocenters. The molecule has 1 aliphatic heterocycles. The number of rotatable bonds is 3. The number of aromatic nitrogens is 2. The first-order chi connectivity index (χ1) is 9.40. The van der Waals surface area contributed by atoms with Crippen LogP contribution in [0.3, 0.4) is 0 Å². The van der Waals surface area contributed by atoms with Gasteiger partial charge < -0.3 is 14.8 Å². The zero-order valence-electron chi connectivity index (χ0n) is 10.7. The van der Waals surface area contributed by atoms with Crippen LogP contribution in [0.25, 0.3) is 0 Å². The second-order valence-corrected chi connectivity index (χ2v) is 4.26. The van der Waals surface area contributed by atoms with Gasteiger partial charge in [-0.15, -0.1) is 0 Å². The second-order valence-electron chi connectivity index (χ2n) is 4.26. The molecule has 1 aliphatic rings. The van der Waals surface area contributed by atoms with E-state index in [1.807, 2.05) is 25.2 Å². The molecule has 3 rings (SSSR count). The Balaban J connectivity index is 2.05. The summed E-state index contributed by atoms with van der Waals surface area (Å²) in [5, 5.41) is 3.27. The molecule has 0 saturated heterocycles. The molecule has 2 heterocycles. The lowest BCUT2D eigenvalue weighted by Crippen LogP contribution is -2.22. The van der Waals surface area contributed by atoms with Crippen LogP contribution in [0.4, 0.5) is 0 Å². The molecule has 5 heteroatoms. The normalized spacial score (nSPS) is 15.0. The highest BCUT2D eigenvalue weighted by Crippen LogP contribution is 2.38. The van der Waals surface area contributed by atoms with E-state index in [0.717, 1.165) is 22.6 Å². The van der Waals surface area contributed by atoms with Gasteiger partial charge in [0, 0.05) is 23.5 Å². The van der Waals surface area contributed by atoms with Crippen molar-refractivity contribution in [3.63, 3.8) is 0 Å². The predicted molar refractivity (Wildman–Crippen MR) is 70.4 cm³/mol. The van der Waals surface area contributed by atoms with Crippen molar-refractivity contribution in [3.8, 4) is 11.5 Å². The highest BCUT2D eigenvalue weighted by Gasteiger charge is 2.22. The average Bonchev–Trinajstić information content (AvgIpc) is 2.49. The van der Waals surface area contributed by atoms with E-state index < -0.39 is 0 Å². The zero-order valence-corrected chi connectivity index (χ0v) is 10.7. The van der Waals surface area contributed by atoms with Crippen LogP contribution in [0.5, 0.6) is 11.5 Å². The van der Waals surface area contributed by atoms with Crippen molar-refractivity contribution in [1.82, 2.24) is 15.3 Å². The summed E-state index contributed by atoms with van der Waals surface area (Å²) in [5.74, 6) is 1.60. The lowest BCUT2D eigenvalue weighted by molar-refractivity contribution is 0.169. The molecular formula is C14H15N3O2. The summed E-state index contributed by atoms with van der Waals surface area (Å²) in [4.78, 5) is 8.14. The van der Waals surface area contributed by atoms with Gasteiger partial charge in [-0.05, 0) is 13.1 Å². The summed E-state index contributed by atoms with van der Waals surface area (Å²) in [6.07, 6.45) is 5.13. The van der Waals surface area contributed by atoms with Crippen LogP contribution in [0.2, 0.25) is 0 Å². The lowest BCUT2D eigenvalue weighted by atomic mass is 10.00. The fraction of sp³-hybridized carbons (Fsp3) is 0.286. The van der Waals surface area contributed by atoms with E-state index in [2.05, 4.69) is 15.3 Å². The molecule has 0 aliphatic carbocycles. The molecular weight excluding hydrogens is 242 g/mol. The third-order valence-corrected chi connectivity index (χ3v) is 3.11. The number of para-hydroxylation sites is 1. The van der Waals surface area contributed by atoms with Crippen molar-refractivity contribution in [2.45, 2.75) is 6.04 Å². The zero-order chi connectivity index (χ0) is 13.1. The van der Waals surface area contributed by atoms with Gasteiger partial charge in [0.25, 0.3) is 0 Å². The van der Waals surface area contributed by atoms with Gasteiger partial charge in [0.1, 0.15) is 19.5 Å². The van der Waals surface area contributed by atoms with Crippen molar-refractivity contribution in [3.05, 3.63) is 48.0 Å². The Morgan fingerprint density at radius 2 is 1.95 bits per heavy atom. The monoisotopic (exact) mass is 257 g/mol. The summed E-state index contributed by atoms with van der Waals surface area (Å²) in [5.41, 5.74) is 2.03. The Labute approximate surface area is 111 Å². The third-order valence-electron chi connectivity index (χ3n) is 3.11. The molecule has 5 nitrogen and oxygen atoms in total. The van der Waals surface area contributed by atoms with Gasteiger partial charge in [-0.25, -0.2) is 9.97 Å². The van der Waals surface area contributed by atoms with E-state index in [9.17, 15) is 0 Å². The Morgan fingerprint density at radius 1 is 1.16 bits per heavy atom. The quantitative estimate of drug-likeness (QED) is 0.904. The van der Waals surface area contributed by atoms with Gasteiger partial charge >= 0.3 is 0 Å². The van der Waals surface area contributed by atoms with Gasteiger partial charge in [-0.1, -0.05) is 12.1 Å². The summed E-state index contributed by atoms with van der Waals surface area (Å²) in [6.45, 7) is 1.17. The van der Waals surface area contributed by atoms with Crippen molar-refractivity contribution in [1.29, 1.82) is 0 Å². The molecule has 19 heavy (non-hydrogen) atoms. The molecule has 1 aromatic carbocycles. The number of hydrogen-bond acceptors (Lipinski definition) is 5. The van der Waals surface area contributed by atoms with E-state index >= 15 is 0 Å². The maximum absolute atomic E-state index is 5.75. The number of ether oxygens (including phenoxy) is 2. The van der Waals surface area contributed by atoms with E-state index in [-0.39, 0.29) is 6.04 Å². The molecule has 98 valence electrons. The highest BCUT2D eigenvalue weighted by molar-refractivity contribution is 5.51. The van der Waals surface area contributed by atoms with Crippen molar-refractivity contribution >= 4 is 0 Å². The Hall–Kier alpha value is -2.14. The van der Waals surface area contributed by atoms with Crippen LogP contribution in [-0.4, -0.2) is 30.2 Å². The number of benzene rings is 1. The van der Waals surface area contributed by atoms with Gasteiger partial charge in [0.15, 0.2) is 11.5 Å². The van der Waals surface area contributed by atoms with Crippen molar-refractivity contribution < 1.29 is 9.47 Å². The largest absolute Gasteiger partial charge is 0.486 e. The summed E-state index contributed by atoms with van der Waals surface area (Å²) in [6, 6.07) is 5.91. The van der Waals surface area contributed by atoms with Gasteiger partial charge in [-0.2, -0.15) is 0 Å². The standard InChI is InChI=1S/C14H15N3O2/c1-15-13(10-7-16-9-17-8-10)11-3-2-4-12-14(11)19-6-5-18-12/h2-4,7-9,13,15H,5-6H2,1H3. The fourth-order valence-electron chi connectivity index (χ4n) is 2.29. The van der Waals surface area contributed by atoms with E-state index in [1.165, 1.54) is 6.33 Å². The fourth-order valence-corrected chi connectivity index (χ4v) is 2.29. The summed E-state index contributed by atoms with van der Waals surface area (Å²) >= 11 is 0. The summed E-state index contributed by atoms with van der Waals surface area (Å²) < 4.78 is 11.4. The van der Waals surface area contributed by atoms with E-state index in [0.29, 0.717) is 13.2 Å². The molecule has 1 aromatic heterocycles. The third kappa shape index (κ3) is 2.24. The van der Waals surface area contributed by atoms with Crippen LogP contribution in [-0.2, 0) is 0 Å². The Morgan fingerprint density at radius 3 is 2.74 bits per heavy atom. The molecule has 1 N–H and O–H groups in total. The topological polar surface area (TPSA) is 56.3 Å². The lowest BCUT2D eigenvalue weighted by Gasteiger charge is -2.25. The van der Waals surface area contributed by atoms with Gasteiger partial charge in [-0.3, -0.25) is 0 Å². The first kappa shape index (κ1) is 11.9.